The van der Waals surface area contributed by atoms with Gasteiger partial charge in [-0.25, -0.2) is 0 Å². The molecule has 90 heavy (non-hydrogen) atoms. The van der Waals surface area contributed by atoms with Gasteiger partial charge in [0, 0.05) is 6.42 Å². The monoisotopic (exact) mass is 1270 g/mol. The van der Waals surface area contributed by atoms with E-state index in [1.54, 1.807) is 6.08 Å². The van der Waals surface area contributed by atoms with Crippen LogP contribution in [0.3, 0.4) is 0 Å². The van der Waals surface area contributed by atoms with Crippen LogP contribution in [0, 0.1) is 0 Å². The lowest BCUT2D eigenvalue weighted by Crippen LogP contribution is -2.60. The number of hydrogen-bond acceptors (Lipinski definition) is 8. The summed E-state index contributed by atoms with van der Waals surface area (Å²) in [6.07, 6.45) is 90.9. The van der Waals surface area contributed by atoms with Crippen LogP contribution in [0.2, 0.25) is 0 Å². The Kier molecular flexibility index (Phi) is 66.5. The maximum atomic E-state index is 13.2. The second-order valence-electron chi connectivity index (χ2n) is 27.5. The highest BCUT2D eigenvalue weighted by atomic mass is 16.7. The fourth-order valence-electron chi connectivity index (χ4n) is 12.6. The van der Waals surface area contributed by atoms with Crippen LogP contribution in [0.25, 0.3) is 0 Å². The highest BCUT2D eigenvalue weighted by Gasteiger charge is 2.44. The summed E-state index contributed by atoms with van der Waals surface area (Å²) in [5.74, 6) is -0.184. The molecule has 9 heteroatoms. The molecule has 0 spiro atoms. The minimum Gasteiger partial charge on any atom is -0.394 e. The summed E-state index contributed by atoms with van der Waals surface area (Å²) in [6.45, 7) is 3.80. The third-order valence-electron chi connectivity index (χ3n) is 18.8. The van der Waals surface area contributed by atoms with Crippen LogP contribution < -0.4 is 5.32 Å². The molecule has 1 saturated heterocycles. The molecule has 1 fully saturated rings. The Labute approximate surface area is 557 Å². The van der Waals surface area contributed by atoms with Crippen LogP contribution in [0.15, 0.2) is 60.8 Å². The normalized spacial score (nSPS) is 18.1. The van der Waals surface area contributed by atoms with Gasteiger partial charge in [-0.3, -0.25) is 4.79 Å². The maximum Gasteiger partial charge on any atom is 0.220 e. The highest BCUT2D eigenvalue weighted by Crippen LogP contribution is 2.24. The van der Waals surface area contributed by atoms with Gasteiger partial charge >= 0.3 is 0 Å². The Morgan fingerprint density at radius 2 is 0.667 bits per heavy atom. The number of unbranched alkanes of at least 4 members (excludes halogenated alkanes) is 52. The molecule has 0 saturated carbocycles. The average Bonchev–Trinajstić information content (AvgIpc) is 1.28. The number of allylic oxidation sites excluding steroid dienone is 9. The first-order valence-electron chi connectivity index (χ1n) is 39.5. The van der Waals surface area contributed by atoms with Crippen LogP contribution in [-0.4, -0.2) is 87.5 Å². The number of aliphatic hydroxyl groups excluding tert-OH is 5. The van der Waals surface area contributed by atoms with Gasteiger partial charge in [0.15, 0.2) is 6.29 Å². The van der Waals surface area contributed by atoms with E-state index in [4.69, 9.17) is 9.47 Å². The molecular weight excluding hydrogens is 1110 g/mol. The fourth-order valence-corrected chi connectivity index (χ4v) is 12.6. The van der Waals surface area contributed by atoms with E-state index in [0.717, 1.165) is 51.4 Å². The molecule has 0 radical (unpaired) electrons. The number of carbonyl (C=O) groups excluding carboxylic acids is 1. The number of amides is 1. The third-order valence-corrected chi connectivity index (χ3v) is 18.8. The van der Waals surface area contributed by atoms with E-state index < -0.39 is 49.5 Å². The van der Waals surface area contributed by atoms with Gasteiger partial charge in [0.25, 0.3) is 0 Å². The summed E-state index contributed by atoms with van der Waals surface area (Å²) >= 11 is 0. The summed E-state index contributed by atoms with van der Waals surface area (Å²) in [4.78, 5) is 13.2. The molecule has 0 aliphatic carbocycles. The SMILES string of the molecule is CCCCCCC/C=C\C/C=C\CCCCCCCCCCCCCCCCCCCCCCCCCC(=O)NC(COC1OC(CO)C(O)C(O)C1O)C(O)/C=C/CC/C=C/CC/C=C/CCCCCCCCCCCCCCCCCCCCCCCC. The van der Waals surface area contributed by atoms with Crippen molar-refractivity contribution >= 4 is 5.91 Å². The molecule has 1 aliphatic rings. The van der Waals surface area contributed by atoms with Crippen molar-refractivity contribution in [2.75, 3.05) is 13.2 Å². The number of hydrogen-bond donors (Lipinski definition) is 6. The van der Waals surface area contributed by atoms with Crippen molar-refractivity contribution in [1.82, 2.24) is 5.32 Å². The lowest BCUT2D eigenvalue weighted by molar-refractivity contribution is -0.302. The van der Waals surface area contributed by atoms with Gasteiger partial charge in [0.05, 0.1) is 25.4 Å². The lowest BCUT2D eigenvalue weighted by atomic mass is 9.99. The van der Waals surface area contributed by atoms with Crippen molar-refractivity contribution in [1.29, 1.82) is 0 Å². The van der Waals surface area contributed by atoms with Crippen molar-refractivity contribution in [3.8, 4) is 0 Å². The van der Waals surface area contributed by atoms with Crippen molar-refractivity contribution in [3.05, 3.63) is 60.8 Å². The Hall–Kier alpha value is -2.11. The first-order chi connectivity index (χ1) is 44.3. The molecule has 1 heterocycles. The third kappa shape index (κ3) is 57.3. The van der Waals surface area contributed by atoms with Crippen LogP contribution in [0.4, 0.5) is 0 Å². The second-order valence-corrected chi connectivity index (χ2v) is 27.5. The molecule has 1 rings (SSSR count). The Morgan fingerprint density at radius 1 is 0.378 bits per heavy atom. The van der Waals surface area contributed by atoms with Gasteiger partial charge < -0.3 is 40.3 Å². The van der Waals surface area contributed by atoms with Crippen molar-refractivity contribution < 1.29 is 39.8 Å². The topological polar surface area (TPSA) is 149 Å². The van der Waals surface area contributed by atoms with Crippen LogP contribution >= 0.6 is 0 Å². The van der Waals surface area contributed by atoms with Crippen molar-refractivity contribution in [3.63, 3.8) is 0 Å². The van der Waals surface area contributed by atoms with Gasteiger partial charge in [-0.05, 0) is 77.0 Å². The summed E-state index contributed by atoms with van der Waals surface area (Å²) < 4.78 is 11.3. The standard InChI is InChI=1S/C81H151NO8/c1-3-5-7-9-11-13-15-17-19-21-23-25-27-29-31-33-35-37-38-39-41-43-45-47-49-51-53-55-57-59-61-63-65-67-69-71-77(85)82-74(73-89-81-80(88)79(87)78(86)76(72-83)90-81)75(84)70-68-66-64-62-60-58-56-54-52-50-48-46-44-42-40-36-34-32-30-28-26-24-22-20-18-16-14-12-10-8-6-4-2/h15,17,21,23,52,54,60,62,68,70,74-76,78-81,83-84,86-88H,3-14,16,18-20,22,24-51,53,55-59,61,63-67,69,71-73H2,1-2H3,(H,82,85)/b17-15-,23-21-,54-52+,62-60+,70-68+. The van der Waals surface area contributed by atoms with E-state index in [9.17, 15) is 30.3 Å². The highest BCUT2D eigenvalue weighted by molar-refractivity contribution is 5.76. The van der Waals surface area contributed by atoms with Crippen LogP contribution in [0.5, 0.6) is 0 Å². The largest absolute Gasteiger partial charge is 0.394 e. The fraction of sp³-hybridized carbons (Fsp3) is 0.864. The molecule has 0 bridgehead atoms. The zero-order valence-electron chi connectivity index (χ0n) is 59.4. The Bertz CT molecular complexity index is 1610. The predicted molar refractivity (Wildman–Crippen MR) is 387 cm³/mol. The number of carbonyl (C=O) groups is 1. The molecular formula is C81H151NO8. The van der Waals surface area contributed by atoms with Gasteiger partial charge in [-0.15, -0.1) is 0 Å². The summed E-state index contributed by atoms with van der Waals surface area (Å²) in [6, 6.07) is -0.831. The summed E-state index contributed by atoms with van der Waals surface area (Å²) in [7, 11) is 0. The van der Waals surface area contributed by atoms with E-state index in [1.165, 1.54) is 321 Å². The molecule has 0 aromatic rings. The molecule has 0 aromatic carbocycles. The minimum absolute atomic E-state index is 0.184. The number of rotatable bonds is 70. The second kappa shape index (κ2) is 69.7. The number of nitrogens with one attached hydrogen (secondary N) is 1. The molecule has 528 valence electrons. The van der Waals surface area contributed by atoms with Gasteiger partial charge in [0.1, 0.15) is 24.4 Å². The zero-order valence-corrected chi connectivity index (χ0v) is 59.4. The lowest BCUT2D eigenvalue weighted by Gasteiger charge is -2.40. The van der Waals surface area contributed by atoms with Gasteiger partial charge in [-0.2, -0.15) is 0 Å². The van der Waals surface area contributed by atoms with Crippen LogP contribution in [-0.2, 0) is 14.3 Å². The van der Waals surface area contributed by atoms with Crippen molar-refractivity contribution in [2.45, 2.75) is 436 Å². The Balaban J connectivity index is 2.10. The average molecular weight is 1270 g/mol. The molecule has 1 amide bonds. The number of aliphatic hydroxyl groups is 5. The minimum atomic E-state index is -1.58. The zero-order chi connectivity index (χ0) is 64.9. The number of ether oxygens (including phenoxy) is 2. The van der Waals surface area contributed by atoms with Gasteiger partial charge in [0.2, 0.25) is 5.91 Å². The van der Waals surface area contributed by atoms with E-state index in [-0.39, 0.29) is 12.5 Å². The quantitative estimate of drug-likeness (QED) is 0.0261. The summed E-state index contributed by atoms with van der Waals surface area (Å²) in [5, 5.41) is 54.9. The first-order valence-corrected chi connectivity index (χ1v) is 39.5. The Morgan fingerprint density at radius 3 is 1.00 bits per heavy atom. The van der Waals surface area contributed by atoms with E-state index >= 15 is 0 Å². The maximum absolute atomic E-state index is 13.2. The predicted octanol–water partition coefficient (Wildman–Crippen LogP) is 22.5. The first kappa shape index (κ1) is 85.9. The smallest absolute Gasteiger partial charge is 0.220 e. The van der Waals surface area contributed by atoms with E-state index in [0.29, 0.717) is 6.42 Å². The summed E-state index contributed by atoms with van der Waals surface area (Å²) in [5.41, 5.74) is 0. The van der Waals surface area contributed by atoms with E-state index in [1.807, 2.05) is 6.08 Å². The molecule has 1 aliphatic heterocycles. The van der Waals surface area contributed by atoms with E-state index in [2.05, 4.69) is 67.8 Å². The molecule has 7 unspecified atom stereocenters. The molecule has 7 atom stereocenters. The molecule has 0 aromatic heterocycles. The van der Waals surface area contributed by atoms with Crippen LogP contribution in [0.1, 0.15) is 393 Å². The molecule has 9 nitrogen and oxygen atoms in total. The molecule has 6 N–H and O–H groups in total. The van der Waals surface area contributed by atoms with Gasteiger partial charge in [-0.1, -0.05) is 370 Å². The van der Waals surface area contributed by atoms with Crippen molar-refractivity contribution in [2.24, 2.45) is 0 Å².